The summed E-state index contributed by atoms with van der Waals surface area (Å²) in [5.41, 5.74) is 2.96. The third kappa shape index (κ3) is 4.66. The van der Waals surface area contributed by atoms with Crippen molar-refractivity contribution in [3.05, 3.63) is 59.4 Å². The molecule has 178 valence electrons. The van der Waals surface area contributed by atoms with Crippen molar-refractivity contribution in [1.29, 1.82) is 0 Å². The summed E-state index contributed by atoms with van der Waals surface area (Å²) in [5, 5.41) is 6.87. The topological polar surface area (TPSA) is 96.6 Å². The number of anilines is 2. The highest BCUT2D eigenvalue weighted by Gasteiger charge is 2.29. The SMILES string of the molecule is CC(=O)N[C@@H](C)c1ccc(O[C@@H]2CCN(c3nc(N4CCc5nocc5C4)ncc3F)C2)cc1. The molecule has 2 aliphatic heterocycles. The third-order valence-electron chi connectivity index (χ3n) is 6.25. The minimum Gasteiger partial charge on any atom is -0.489 e. The first-order valence-corrected chi connectivity index (χ1v) is 11.4. The molecule has 1 aromatic carbocycles. The van der Waals surface area contributed by atoms with Gasteiger partial charge in [0.1, 0.15) is 18.1 Å². The fraction of sp³-hybridized carbons (Fsp3) is 0.417. The Morgan fingerprint density at radius 1 is 1.26 bits per heavy atom. The Hall–Kier alpha value is -3.69. The van der Waals surface area contributed by atoms with E-state index in [9.17, 15) is 9.18 Å². The van der Waals surface area contributed by atoms with Crippen molar-refractivity contribution in [2.75, 3.05) is 29.4 Å². The van der Waals surface area contributed by atoms with Crippen LogP contribution in [0.3, 0.4) is 0 Å². The van der Waals surface area contributed by atoms with E-state index in [-0.39, 0.29) is 18.1 Å². The lowest BCUT2D eigenvalue weighted by atomic mass is 10.1. The number of rotatable bonds is 6. The Labute approximate surface area is 196 Å². The van der Waals surface area contributed by atoms with E-state index in [1.54, 1.807) is 6.26 Å². The molecule has 0 radical (unpaired) electrons. The van der Waals surface area contributed by atoms with Gasteiger partial charge in [-0.1, -0.05) is 17.3 Å². The standard InChI is InChI=1S/C24H27FN6O3/c1-15(27-16(2)32)17-3-5-19(6-4-17)34-20-7-9-30(13-20)23-21(25)11-26-24(28-23)31-10-8-22-18(12-31)14-33-29-22/h3-6,11,14-15,20H,7-10,12-13H2,1-2H3,(H,27,32)/t15-,20+/m0/s1. The summed E-state index contributed by atoms with van der Waals surface area (Å²) >= 11 is 0. The molecular formula is C24H27FN6O3. The lowest BCUT2D eigenvalue weighted by Gasteiger charge is -2.27. The minimum absolute atomic E-state index is 0.0671. The summed E-state index contributed by atoms with van der Waals surface area (Å²) in [6, 6.07) is 7.61. The molecule has 5 rings (SSSR count). The maximum absolute atomic E-state index is 14.7. The van der Waals surface area contributed by atoms with Crippen LogP contribution in [0.15, 0.2) is 41.2 Å². The van der Waals surface area contributed by atoms with E-state index in [1.807, 2.05) is 41.0 Å². The van der Waals surface area contributed by atoms with Crippen LogP contribution in [0.4, 0.5) is 16.2 Å². The van der Waals surface area contributed by atoms with Gasteiger partial charge < -0.3 is 24.4 Å². The number of nitrogens with zero attached hydrogens (tertiary/aromatic N) is 5. The highest BCUT2D eigenvalue weighted by Crippen LogP contribution is 2.28. The van der Waals surface area contributed by atoms with Crippen LogP contribution >= 0.6 is 0 Å². The summed E-state index contributed by atoms with van der Waals surface area (Å²) in [4.78, 5) is 24.0. The number of benzene rings is 1. The smallest absolute Gasteiger partial charge is 0.227 e. The van der Waals surface area contributed by atoms with E-state index >= 15 is 0 Å². The zero-order valence-corrected chi connectivity index (χ0v) is 19.2. The largest absolute Gasteiger partial charge is 0.489 e. The van der Waals surface area contributed by atoms with Crippen molar-refractivity contribution in [3.8, 4) is 5.75 Å². The second-order valence-electron chi connectivity index (χ2n) is 8.77. The van der Waals surface area contributed by atoms with Crippen molar-refractivity contribution in [2.45, 2.75) is 45.4 Å². The molecule has 0 aliphatic carbocycles. The van der Waals surface area contributed by atoms with Crippen LogP contribution in [0.5, 0.6) is 5.75 Å². The summed E-state index contributed by atoms with van der Waals surface area (Å²) in [6.45, 7) is 5.91. The first kappa shape index (κ1) is 22.1. The average molecular weight is 467 g/mol. The van der Waals surface area contributed by atoms with E-state index in [4.69, 9.17) is 9.26 Å². The summed E-state index contributed by atoms with van der Waals surface area (Å²) in [6.07, 6.45) is 4.30. The normalized spacial score (nSPS) is 18.5. The van der Waals surface area contributed by atoms with Crippen molar-refractivity contribution in [1.82, 2.24) is 20.4 Å². The molecule has 0 spiro atoms. The van der Waals surface area contributed by atoms with E-state index < -0.39 is 5.82 Å². The average Bonchev–Trinajstić information content (AvgIpc) is 3.48. The monoisotopic (exact) mass is 466 g/mol. The summed E-state index contributed by atoms with van der Waals surface area (Å²) < 4.78 is 25.9. The molecule has 0 unspecified atom stereocenters. The van der Waals surface area contributed by atoms with E-state index in [1.165, 1.54) is 13.1 Å². The molecule has 1 N–H and O–H groups in total. The fourth-order valence-electron chi connectivity index (χ4n) is 4.47. The molecule has 2 aromatic heterocycles. The van der Waals surface area contributed by atoms with Crippen LogP contribution < -0.4 is 19.9 Å². The molecule has 0 saturated carbocycles. The lowest BCUT2D eigenvalue weighted by molar-refractivity contribution is -0.119. The van der Waals surface area contributed by atoms with Gasteiger partial charge in [0, 0.05) is 38.4 Å². The highest BCUT2D eigenvalue weighted by molar-refractivity contribution is 5.73. The van der Waals surface area contributed by atoms with E-state index in [2.05, 4.69) is 20.4 Å². The van der Waals surface area contributed by atoms with Crippen LogP contribution in [0.1, 0.15) is 43.1 Å². The Bertz CT molecular complexity index is 1170. The number of hydrogen-bond donors (Lipinski definition) is 1. The van der Waals surface area contributed by atoms with Crippen LogP contribution in [-0.2, 0) is 17.8 Å². The molecule has 2 atom stereocenters. The number of nitrogens with one attached hydrogen (secondary N) is 1. The molecule has 0 bridgehead atoms. The summed E-state index contributed by atoms with van der Waals surface area (Å²) in [5.74, 6) is 1.03. The first-order chi connectivity index (χ1) is 16.5. The van der Waals surface area contributed by atoms with Gasteiger partial charge in [-0.25, -0.2) is 9.37 Å². The van der Waals surface area contributed by atoms with Gasteiger partial charge in [-0.05, 0) is 24.6 Å². The van der Waals surface area contributed by atoms with Gasteiger partial charge in [0.25, 0.3) is 0 Å². The molecule has 10 heteroatoms. The van der Waals surface area contributed by atoms with E-state index in [0.717, 1.165) is 35.4 Å². The number of hydrogen-bond acceptors (Lipinski definition) is 8. The lowest BCUT2D eigenvalue weighted by Crippen LogP contribution is -2.32. The van der Waals surface area contributed by atoms with Crippen molar-refractivity contribution < 1.29 is 18.4 Å². The van der Waals surface area contributed by atoms with Crippen molar-refractivity contribution >= 4 is 17.7 Å². The summed E-state index contributed by atoms with van der Waals surface area (Å²) in [7, 11) is 0. The van der Waals surface area contributed by atoms with Gasteiger partial charge in [0.15, 0.2) is 11.6 Å². The maximum atomic E-state index is 14.7. The van der Waals surface area contributed by atoms with Gasteiger partial charge in [0.2, 0.25) is 11.9 Å². The predicted molar refractivity (Wildman–Crippen MR) is 123 cm³/mol. The molecular weight excluding hydrogens is 439 g/mol. The number of carbonyl (C=O) groups excluding carboxylic acids is 1. The fourth-order valence-corrected chi connectivity index (χ4v) is 4.47. The number of amides is 1. The molecule has 3 aromatic rings. The molecule has 1 fully saturated rings. The Morgan fingerprint density at radius 2 is 2.09 bits per heavy atom. The first-order valence-electron chi connectivity index (χ1n) is 11.4. The van der Waals surface area contributed by atoms with Crippen LogP contribution in [0.2, 0.25) is 0 Å². The predicted octanol–water partition coefficient (Wildman–Crippen LogP) is 3.02. The van der Waals surface area contributed by atoms with Gasteiger partial charge in [-0.3, -0.25) is 4.79 Å². The Balaban J connectivity index is 1.23. The Kier molecular flexibility index (Phi) is 6.04. The van der Waals surface area contributed by atoms with Crippen molar-refractivity contribution in [3.63, 3.8) is 0 Å². The zero-order chi connectivity index (χ0) is 23.7. The third-order valence-corrected chi connectivity index (χ3v) is 6.25. The molecule has 9 nitrogen and oxygen atoms in total. The van der Waals surface area contributed by atoms with Crippen LogP contribution in [0.25, 0.3) is 0 Å². The second kappa shape index (κ2) is 9.28. The molecule has 4 heterocycles. The quantitative estimate of drug-likeness (QED) is 0.592. The molecule has 34 heavy (non-hydrogen) atoms. The van der Waals surface area contributed by atoms with Gasteiger partial charge >= 0.3 is 0 Å². The molecule has 2 aliphatic rings. The number of ether oxygens (including phenoxy) is 1. The maximum Gasteiger partial charge on any atom is 0.227 e. The van der Waals surface area contributed by atoms with Gasteiger partial charge in [-0.2, -0.15) is 4.98 Å². The minimum atomic E-state index is -0.441. The highest BCUT2D eigenvalue weighted by atomic mass is 19.1. The Morgan fingerprint density at radius 3 is 2.88 bits per heavy atom. The second-order valence-corrected chi connectivity index (χ2v) is 8.77. The molecule has 1 amide bonds. The number of fused-ring (bicyclic) bond motifs is 1. The number of carbonyl (C=O) groups is 1. The zero-order valence-electron chi connectivity index (χ0n) is 19.2. The number of halogens is 1. The molecule has 1 saturated heterocycles. The van der Waals surface area contributed by atoms with Crippen LogP contribution in [-0.4, -0.2) is 46.8 Å². The van der Waals surface area contributed by atoms with Gasteiger partial charge in [-0.15, -0.1) is 0 Å². The van der Waals surface area contributed by atoms with Crippen molar-refractivity contribution in [2.24, 2.45) is 0 Å². The van der Waals surface area contributed by atoms with Gasteiger partial charge in [0.05, 0.1) is 31.0 Å². The number of aromatic nitrogens is 3. The van der Waals surface area contributed by atoms with Crippen LogP contribution in [0, 0.1) is 5.82 Å². The van der Waals surface area contributed by atoms with E-state index in [0.29, 0.717) is 37.9 Å².